The zero-order chi connectivity index (χ0) is 17.6. The molecule has 0 unspecified atom stereocenters. The van der Waals surface area contributed by atoms with Crippen molar-refractivity contribution in [3.8, 4) is 0 Å². The highest BCUT2D eigenvalue weighted by Crippen LogP contribution is 2.13. The smallest absolute Gasteiger partial charge is 0.246 e. The highest BCUT2D eigenvalue weighted by Gasteiger charge is 2.09. The number of unbranched alkanes of at least 4 members (excludes halogenated alkanes) is 3. The predicted octanol–water partition coefficient (Wildman–Crippen LogP) is 4.87. The van der Waals surface area contributed by atoms with E-state index in [0.717, 1.165) is 49.1 Å². The molecule has 24 heavy (non-hydrogen) atoms. The van der Waals surface area contributed by atoms with E-state index in [2.05, 4.69) is 35.1 Å². The van der Waals surface area contributed by atoms with Crippen LogP contribution in [0.2, 0.25) is 0 Å². The maximum absolute atomic E-state index is 12.5. The van der Waals surface area contributed by atoms with E-state index in [-0.39, 0.29) is 5.91 Å². The third-order valence-electron chi connectivity index (χ3n) is 3.88. The van der Waals surface area contributed by atoms with Crippen LogP contribution in [-0.2, 0) is 4.79 Å². The van der Waals surface area contributed by atoms with E-state index < -0.39 is 0 Å². The largest absolute Gasteiger partial charge is 0.338 e. The molecule has 0 aliphatic rings. The Kier molecular flexibility index (Phi) is 11.5. The molecule has 4 heteroatoms. The van der Waals surface area contributed by atoms with Crippen LogP contribution >= 0.6 is 15.9 Å². The van der Waals surface area contributed by atoms with Crippen molar-refractivity contribution < 1.29 is 4.79 Å². The van der Waals surface area contributed by atoms with E-state index in [1.165, 1.54) is 19.3 Å². The van der Waals surface area contributed by atoms with Crippen molar-refractivity contribution in [1.29, 1.82) is 0 Å². The van der Waals surface area contributed by atoms with E-state index in [9.17, 15) is 4.79 Å². The van der Waals surface area contributed by atoms with Crippen molar-refractivity contribution in [2.75, 3.05) is 26.2 Å². The van der Waals surface area contributed by atoms with Gasteiger partial charge < -0.3 is 10.2 Å². The highest BCUT2D eigenvalue weighted by molar-refractivity contribution is 9.10. The maximum Gasteiger partial charge on any atom is 0.246 e. The molecule has 0 spiro atoms. The molecule has 0 saturated carbocycles. The third-order valence-corrected chi connectivity index (χ3v) is 4.37. The number of hydrogen-bond acceptors (Lipinski definition) is 2. The Bertz CT molecular complexity index is 502. The van der Waals surface area contributed by atoms with Gasteiger partial charge in [-0.2, -0.15) is 0 Å². The van der Waals surface area contributed by atoms with Crippen LogP contribution in [0.4, 0.5) is 0 Å². The molecule has 0 aliphatic heterocycles. The summed E-state index contributed by atoms with van der Waals surface area (Å²) in [5.41, 5.74) is 1.03. The lowest BCUT2D eigenvalue weighted by molar-refractivity contribution is -0.126. The van der Waals surface area contributed by atoms with E-state index in [4.69, 9.17) is 0 Å². The number of benzene rings is 1. The molecular weight excluding hydrogens is 364 g/mol. The summed E-state index contributed by atoms with van der Waals surface area (Å²) in [6.45, 7) is 7.87. The molecule has 1 aromatic carbocycles. The van der Waals surface area contributed by atoms with Gasteiger partial charge in [0, 0.05) is 30.2 Å². The van der Waals surface area contributed by atoms with Crippen LogP contribution in [0.15, 0.2) is 34.8 Å². The highest BCUT2D eigenvalue weighted by atomic mass is 79.9. The van der Waals surface area contributed by atoms with Crippen LogP contribution in [-0.4, -0.2) is 37.0 Å². The van der Waals surface area contributed by atoms with Gasteiger partial charge in [-0.05, 0) is 43.2 Å². The average Bonchev–Trinajstić information content (AvgIpc) is 2.58. The lowest BCUT2D eigenvalue weighted by Crippen LogP contribution is -2.36. The Morgan fingerprint density at radius 3 is 2.62 bits per heavy atom. The first-order chi connectivity index (χ1) is 11.7. The van der Waals surface area contributed by atoms with Crippen molar-refractivity contribution in [1.82, 2.24) is 10.2 Å². The fraction of sp³-hybridized carbons (Fsp3) is 0.550. The molecule has 134 valence electrons. The van der Waals surface area contributed by atoms with Crippen molar-refractivity contribution in [3.05, 3.63) is 40.4 Å². The van der Waals surface area contributed by atoms with Crippen LogP contribution in [0.5, 0.6) is 0 Å². The fourth-order valence-electron chi connectivity index (χ4n) is 2.40. The molecule has 0 heterocycles. The first-order valence-electron chi connectivity index (χ1n) is 9.10. The van der Waals surface area contributed by atoms with Gasteiger partial charge in [-0.1, -0.05) is 61.2 Å². The molecule has 3 nitrogen and oxygen atoms in total. The van der Waals surface area contributed by atoms with Crippen LogP contribution in [0.1, 0.15) is 51.5 Å². The minimum Gasteiger partial charge on any atom is -0.338 e. The van der Waals surface area contributed by atoms with E-state index in [1.807, 2.05) is 35.2 Å². The number of carbonyl (C=O) groups is 1. The first-order valence-corrected chi connectivity index (χ1v) is 9.90. The van der Waals surface area contributed by atoms with Crippen molar-refractivity contribution in [3.63, 3.8) is 0 Å². The standard InChI is InChI=1S/C20H31BrN2O/c1-3-5-7-13-22-14-16-23(15-6-4-2)20(24)12-11-18-9-8-10-19(21)17-18/h8-12,17,22H,3-7,13-16H2,1-2H3/b12-11+. The molecule has 1 N–H and O–H groups in total. The summed E-state index contributed by atoms with van der Waals surface area (Å²) in [7, 11) is 0. The Balaban J connectivity index is 2.48. The Morgan fingerprint density at radius 2 is 1.92 bits per heavy atom. The lowest BCUT2D eigenvalue weighted by Gasteiger charge is -2.21. The van der Waals surface area contributed by atoms with Gasteiger partial charge in [0.25, 0.3) is 0 Å². The minimum absolute atomic E-state index is 0.0961. The molecular formula is C20H31BrN2O. The van der Waals surface area contributed by atoms with Gasteiger partial charge in [0.1, 0.15) is 0 Å². The number of carbonyl (C=O) groups excluding carboxylic acids is 1. The van der Waals surface area contributed by atoms with E-state index in [1.54, 1.807) is 6.08 Å². The topological polar surface area (TPSA) is 32.3 Å². The summed E-state index contributed by atoms with van der Waals surface area (Å²) in [6, 6.07) is 7.97. The second kappa shape index (κ2) is 13.2. The summed E-state index contributed by atoms with van der Waals surface area (Å²) >= 11 is 3.45. The third kappa shape index (κ3) is 9.24. The molecule has 1 amide bonds. The molecule has 0 radical (unpaired) electrons. The average molecular weight is 395 g/mol. The van der Waals surface area contributed by atoms with Crippen LogP contribution < -0.4 is 5.32 Å². The SMILES string of the molecule is CCCCCNCCN(CCCC)C(=O)/C=C/c1cccc(Br)c1. The molecule has 0 fully saturated rings. The number of nitrogens with one attached hydrogen (secondary N) is 1. The Morgan fingerprint density at radius 1 is 1.12 bits per heavy atom. The number of amides is 1. The molecule has 0 aromatic heterocycles. The summed E-state index contributed by atoms with van der Waals surface area (Å²) in [5.74, 6) is 0.0961. The van der Waals surface area contributed by atoms with Gasteiger partial charge in [0.15, 0.2) is 0 Å². The predicted molar refractivity (Wildman–Crippen MR) is 107 cm³/mol. The summed E-state index contributed by atoms with van der Waals surface area (Å²) < 4.78 is 1.02. The lowest BCUT2D eigenvalue weighted by atomic mass is 10.2. The van der Waals surface area contributed by atoms with Gasteiger partial charge in [-0.3, -0.25) is 4.79 Å². The van der Waals surface area contributed by atoms with Crippen LogP contribution in [0.3, 0.4) is 0 Å². The number of rotatable bonds is 12. The van der Waals surface area contributed by atoms with E-state index in [0.29, 0.717) is 0 Å². The first kappa shape index (κ1) is 20.9. The van der Waals surface area contributed by atoms with Gasteiger partial charge in [0.05, 0.1) is 0 Å². The Labute approximate surface area is 155 Å². The zero-order valence-corrected chi connectivity index (χ0v) is 16.6. The fourth-order valence-corrected chi connectivity index (χ4v) is 2.82. The number of halogens is 1. The van der Waals surface area contributed by atoms with Gasteiger partial charge in [-0.25, -0.2) is 0 Å². The molecule has 1 aromatic rings. The summed E-state index contributed by atoms with van der Waals surface area (Å²) in [6.07, 6.45) is 9.44. The summed E-state index contributed by atoms with van der Waals surface area (Å²) in [5, 5.41) is 3.44. The van der Waals surface area contributed by atoms with E-state index >= 15 is 0 Å². The molecule has 0 atom stereocenters. The minimum atomic E-state index is 0.0961. The Hall–Kier alpha value is -1.13. The van der Waals surface area contributed by atoms with Gasteiger partial charge in [0.2, 0.25) is 5.91 Å². The maximum atomic E-state index is 12.5. The normalized spacial score (nSPS) is 11.1. The quantitative estimate of drug-likeness (QED) is 0.405. The van der Waals surface area contributed by atoms with Crippen LogP contribution in [0.25, 0.3) is 6.08 Å². The summed E-state index contributed by atoms with van der Waals surface area (Å²) in [4.78, 5) is 14.4. The monoisotopic (exact) mass is 394 g/mol. The van der Waals surface area contributed by atoms with Gasteiger partial charge in [-0.15, -0.1) is 0 Å². The molecule has 1 rings (SSSR count). The molecule has 0 saturated heterocycles. The molecule has 0 bridgehead atoms. The van der Waals surface area contributed by atoms with Crippen LogP contribution in [0, 0.1) is 0 Å². The van der Waals surface area contributed by atoms with Gasteiger partial charge >= 0.3 is 0 Å². The zero-order valence-electron chi connectivity index (χ0n) is 15.1. The number of hydrogen-bond donors (Lipinski definition) is 1. The molecule has 0 aliphatic carbocycles. The van der Waals surface area contributed by atoms with Crippen molar-refractivity contribution in [2.45, 2.75) is 46.0 Å². The number of nitrogens with zero attached hydrogens (tertiary/aromatic N) is 1. The van der Waals surface area contributed by atoms with Crippen molar-refractivity contribution >= 4 is 27.9 Å². The van der Waals surface area contributed by atoms with Crippen molar-refractivity contribution in [2.24, 2.45) is 0 Å². The second-order valence-electron chi connectivity index (χ2n) is 6.02. The second-order valence-corrected chi connectivity index (χ2v) is 6.94.